The first kappa shape index (κ1) is 17.5. The molecule has 1 unspecified atom stereocenters. The normalized spacial score (nSPS) is 11.6. The molecule has 126 valence electrons. The summed E-state index contributed by atoms with van der Waals surface area (Å²) in [5.41, 5.74) is 3.56. The molecule has 2 N–H and O–H groups in total. The second-order valence-electron chi connectivity index (χ2n) is 5.76. The molecule has 0 aliphatic rings. The maximum absolute atomic E-state index is 12.4. The van der Waals surface area contributed by atoms with Crippen LogP contribution in [0, 0.1) is 13.8 Å². The Morgan fingerprint density at radius 1 is 1.12 bits per heavy atom. The number of carbonyl (C=O) groups excluding carboxylic acids is 1. The molecule has 2 aromatic rings. The molecule has 5 nitrogen and oxygen atoms in total. The second-order valence-corrected chi connectivity index (χ2v) is 5.76. The number of carbonyl (C=O) groups is 2. The highest BCUT2D eigenvalue weighted by molar-refractivity contribution is 5.96. The van der Waals surface area contributed by atoms with Crippen LogP contribution in [0.15, 0.2) is 42.5 Å². The zero-order valence-corrected chi connectivity index (χ0v) is 14.0. The van der Waals surface area contributed by atoms with Gasteiger partial charge in [0, 0.05) is 5.56 Å². The fourth-order valence-electron chi connectivity index (χ4n) is 2.34. The zero-order valence-electron chi connectivity index (χ0n) is 14.0. The van der Waals surface area contributed by atoms with Crippen LogP contribution in [0.2, 0.25) is 0 Å². The Hall–Kier alpha value is -2.82. The molecule has 5 heteroatoms. The van der Waals surface area contributed by atoms with Crippen molar-refractivity contribution in [2.45, 2.75) is 26.8 Å². The zero-order chi connectivity index (χ0) is 17.7. The van der Waals surface area contributed by atoms with Crippen molar-refractivity contribution in [1.82, 2.24) is 5.32 Å². The molecule has 0 aliphatic heterocycles. The van der Waals surface area contributed by atoms with E-state index in [0.717, 1.165) is 16.7 Å². The minimum atomic E-state index is -1.02. The van der Waals surface area contributed by atoms with Crippen LogP contribution in [-0.2, 0) is 4.79 Å². The maximum atomic E-state index is 12.4. The molecule has 0 heterocycles. The number of aliphatic carboxylic acids is 1. The minimum Gasteiger partial charge on any atom is -0.482 e. The maximum Gasteiger partial charge on any atom is 0.341 e. The van der Waals surface area contributed by atoms with Crippen LogP contribution >= 0.6 is 0 Å². The summed E-state index contributed by atoms with van der Waals surface area (Å²) in [6.07, 6.45) is 0. The predicted octanol–water partition coefficient (Wildman–Crippen LogP) is 3.26. The van der Waals surface area contributed by atoms with Gasteiger partial charge >= 0.3 is 5.97 Å². The highest BCUT2D eigenvalue weighted by atomic mass is 16.5. The molecule has 2 aromatic carbocycles. The van der Waals surface area contributed by atoms with E-state index in [1.807, 2.05) is 51.1 Å². The molecule has 0 radical (unpaired) electrons. The summed E-state index contributed by atoms with van der Waals surface area (Å²) >= 11 is 0. The van der Waals surface area contributed by atoms with Crippen molar-refractivity contribution in [2.75, 3.05) is 6.61 Å². The van der Waals surface area contributed by atoms with Crippen molar-refractivity contribution < 1.29 is 19.4 Å². The quantitative estimate of drug-likeness (QED) is 0.854. The molecule has 0 aliphatic carbocycles. The number of rotatable bonds is 6. The number of hydrogen-bond acceptors (Lipinski definition) is 3. The molecular formula is C19H21NO4. The summed E-state index contributed by atoms with van der Waals surface area (Å²) in [5, 5.41) is 11.6. The van der Waals surface area contributed by atoms with E-state index in [9.17, 15) is 9.59 Å². The summed E-state index contributed by atoms with van der Waals surface area (Å²) in [6.45, 7) is 5.39. The van der Waals surface area contributed by atoms with Gasteiger partial charge in [0.2, 0.25) is 0 Å². The van der Waals surface area contributed by atoms with E-state index < -0.39 is 5.97 Å². The number of carboxylic acids is 1. The minimum absolute atomic E-state index is 0.116. The summed E-state index contributed by atoms with van der Waals surface area (Å²) in [5.74, 6) is -0.655. The van der Waals surface area contributed by atoms with E-state index in [1.54, 1.807) is 12.1 Å². The Balaban J connectivity index is 2.03. The molecule has 1 atom stereocenters. The van der Waals surface area contributed by atoms with Crippen LogP contribution in [0.25, 0.3) is 0 Å². The van der Waals surface area contributed by atoms with Crippen LogP contribution in [0.3, 0.4) is 0 Å². The lowest BCUT2D eigenvalue weighted by Gasteiger charge is -2.16. The molecule has 0 saturated heterocycles. The van der Waals surface area contributed by atoms with Gasteiger partial charge in [0.1, 0.15) is 5.75 Å². The molecule has 24 heavy (non-hydrogen) atoms. The molecule has 0 saturated carbocycles. The summed E-state index contributed by atoms with van der Waals surface area (Å²) < 4.78 is 5.09. The fraction of sp³-hybridized carbons (Fsp3) is 0.263. The second kappa shape index (κ2) is 7.64. The molecule has 2 rings (SSSR count). The fourth-order valence-corrected chi connectivity index (χ4v) is 2.34. The first-order valence-electron chi connectivity index (χ1n) is 7.69. The van der Waals surface area contributed by atoms with Crippen molar-refractivity contribution in [3.8, 4) is 5.75 Å². The van der Waals surface area contributed by atoms with Crippen molar-refractivity contribution in [3.05, 3.63) is 64.7 Å². The Labute approximate surface area is 141 Å². The molecule has 0 aromatic heterocycles. The first-order valence-corrected chi connectivity index (χ1v) is 7.69. The topological polar surface area (TPSA) is 75.6 Å². The summed E-state index contributed by atoms with van der Waals surface area (Å²) in [4.78, 5) is 22.9. The van der Waals surface area contributed by atoms with E-state index in [1.165, 1.54) is 0 Å². The lowest BCUT2D eigenvalue weighted by molar-refractivity contribution is -0.139. The highest BCUT2D eigenvalue weighted by Crippen LogP contribution is 2.19. The monoisotopic (exact) mass is 327 g/mol. The van der Waals surface area contributed by atoms with Gasteiger partial charge in [0.15, 0.2) is 6.61 Å². The van der Waals surface area contributed by atoms with Crippen LogP contribution < -0.4 is 10.1 Å². The van der Waals surface area contributed by atoms with Crippen molar-refractivity contribution >= 4 is 11.9 Å². The number of hydrogen-bond donors (Lipinski definition) is 2. The van der Waals surface area contributed by atoms with Gasteiger partial charge in [-0.2, -0.15) is 0 Å². The number of amides is 1. The molecule has 1 amide bonds. The van der Waals surface area contributed by atoms with Gasteiger partial charge in [-0.05, 0) is 50.1 Å². The largest absolute Gasteiger partial charge is 0.482 e. The number of aryl methyl sites for hydroxylation is 2. The van der Waals surface area contributed by atoms with Crippen LogP contribution in [0.4, 0.5) is 0 Å². The molecule has 0 bridgehead atoms. The lowest BCUT2D eigenvalue weighted by atomic mass is 10.0. The van der Waals surface area contributed by atoms with Crippen molar-refractivity contribution in [2.24, 2.45) is 0 Å². The van der Waals surface area contributed by atoms with Gasteiger partial charge in [-0.1, -0.05) is 29.8 Å². The molecular weight excluding hydrogens is 306 g/mol. The Kier molecular flexibility index (Phi) is 5.58. The van der Waals surface area contributed by atoms with Crippen LogP contribution in [0.1, 0.15) is 40.0 Å². The van der Waals surface area contributed by atoms with Crippen molar-refractivity contribution in [1.29, 1.82) is 0 Å². The van der Waals surface area contributed by atoms with Gasteiger partial charge < -0.3 is 15.2 Å². The molecule has 0 fully saturated rings. The third kappa shape index (κ3) is 4.59. The van der Waals surface area contributed by atoms with Gasteiger partial charge in [0.05, 0.1) is 6.04 Å². The third-order valence-corrected chi connectivity index (χ3v) is 3.73. The number of nitrogens with one attached hydrogen (secondary N) is 1. The first-order chi connectivity index (χ1) is 11.4. The van der Waals surface area contributed by atoms with Gasteiger partial charge in [-0.25, -0.2) is 4.79 Å². The average Bonchev–Trinajstić information content (AvgIpc) is 2.55. The summed E-state index contributed by atoms with van der Waals surface area (Å²) in [7, 11) is 0. The van der Waals surface area contributed by atoms with Crippen LogP contribution in [0.5, 0.6) is 5.75 Å². The van der Waals surface area contributed by atoms with Gasteiger partial charge in [-0.3, -0.25) is 4.79 Å². The van der Waals surface area contributed by atoms with E-state index >= 15 is 0 Å². The standard InChI is InChI=1S/C19H21NO4/c1-12-4-5-13(2)17(10-12)19(23)20-14(3)15-6-8-16(9-7-15)24-11-18(21)22/h4-10,14H,11H2,1-3H3,(H,20,23)(H,21,22). The van der Waals surface area contributed by atoms with E-state index in [2.05, 4.69) is 5.32 Å². The smallest absolute Gasteiger partial charge is 0.341 e. The Morgan fingerprint density at radius 2 is 1.79 bits per heavy atom. The number of ether oxygens (including phenoxy) is 1. The Bertz CT molecular complexity index is 738. The van der Waals surface area contributed by atoms with Crippen LogP contribution in [-0.4, -0.2) is 23.6 Å². The van der Waals surface area contributed by atoms with Gasteiger partial charge in [0.25, 0.3) is 5.91 Å². The van der Waals surface area contributed by atoms with Gasteiger partial charge in [-0.15, -0.1) is 0 Å². The van der Waals surface area contributed by atoms with E-state index in [0.29, 0.717) is 11.3 Å². The average molecular weight is 327 g/mol. The van der Waals surface area contributed by atoms with E-state index in [4.69, 9.17) is 9.84 Å². The summed E-state index contributed by atoms with van der Waals surface area (Å²) in [6, 6.07) is 12.6. The third-order valence-electron chi connectivity index (χ3n) is 3.73. The number of benzene rings is 2. The molecule has 0 spiro atoms. The van der Waals surface area contributed by atoms with E-state index in [-0.39, 0.29) is 18.6 Å². The van der Waals surface area contributed by atoms with Crippen molar-refractivity contribution in [3.63, 3.8) is 0 Å². The predicted molar refractivity (Wildman–Crippen MR) is 91.4 cm³/mol. The SMILES string of the molecule is Cc1ccc(C)c(C(=O)NC(C)c2ccc(OCC(=O)O)cc2)c1. The highest BCUT2D eigenvalue weighted by Gasteiger charge is 2.13. The number of carboxylic acid groups (broad SMARTS) is 1. The Morgan fingerprint density at radius 3 is 2.42 bits per heavy atom. The lowest BCUT2D eigenvalue weighted by Crippen LogP contribution is -2.27.